The average molecular weight is 464 g/mol. The Balaban J connectivity index is 1.35. The van der Waals surface area contributed by atoms with Gasteiger partial charge in [0.1, 0.15) is 5.82 Å². The molecule has 2 heterocycles. The number of piperidine rings is 2. The highest BCUT2D eigenvalue weighted by molar-refractivity contribution is 5.79. The van der Waals surface area contributed by atoms with E-state index in [2.05, 4.69) is 45.4 Å². The molecule has 3 fully saturated rings. The summed E-state index contributed by atoms with van der Waals surface area (Å²) in [4.78, 5) is 18.2. The van der Waals surface area contributed by atoms with Crippen LogP contribution in [0.25, 0.3) is 0 Å². The van der Waals surface area contributed by atoms with Crippen molar-refractivity contribution in [1.82, 2.24) is 15.1 Å². The normalized spacial score (nSPS) is 28.0. The van der Waals surface area contributed by atoms with Gasteiger partial charge in [-0.05, 0) is 74.4 Å². The van der Waals surface area contributed by atoms with Crippen molar-refractivity contribution in [3.8, 4) is 0 Å². The number of nitrogens with one attached hydrogen (secondary N) is 1. The van der Waals surface area contributed by atoms with E-state index in [1.54, 1.807) is 0 Å². The third-order valence-corrected chi connectivity index (χ3v) is 8.28. The van der Waals surface area contributed by atoms with Gasteiger partial charge in [-0.15, -0.1) is 0 Å². The second-order valence-corrected chi connectivity index (χ2v) is 10.4. The monoisotopic (exact) mass is 463 g/mol. The van der Waals surface area contributed by atoms with Gasteiger partial charge >= 0.3 is 0 Å². The Morgan fingerprint density at radius 3 is 2.44 bits per heavy atom. The zero-order valence-electron chi connectivity index (χ0n) is 20.2. The molecule has 0 radical (unpaired) electrons. The van der Waals surface area contributed by atoms with Crippen molar-refractivity contribution in [3.63, 3.8) is 0 Å². The Labute approximate surface area is 203 Å². The lowest BCUT2D eigenvalue weighted by Crippen LogP contribution is -2.59. The SMILES string of the molecule is O=C1C[C@H](c2ccccc2)[C@H]2[C@@H](NCCN3CCCCC3)CCC[C@H]2N1Cc1ccc(F)cc1. The minimum atomic E-state index is -0.230. The zero-order valence-corrected chi connectivity index (χ0v) is 20.2. The molecule has 2 aromatic rings. The van der Waals surface area contributed by atoms with Gasteiger partial charge in [-0.1, -0.05) is 48.9 Å². The van der Waals surface area contributed by atoms with E-state index < -0.39 is 0 Å². The molecule has 5 heteroatoms. The second-order valence-electron chi connectivity index (χ2n) is 10.4. The first-order valence-electron chi connectivity index (χ1n) is 13.2. The molecule has 2 aromatic carbocycles. The predicted molar refractivity (Wildman–Crippen MR) is 134 cm³/mol. The van der Waals surface area contributed by atoms with Gasteiger partial charge in [0.25, 0.3) is 0 Å². The Morgan fingerprint density at radius 1 is 0.912 bits per heavy atom. The molecule has 3 aliphatic rings. The van der Waals surface area contributed by atoms with Crippen molar-refractivity contribution in [2.45, 2.75) is 69.5 Å². The quantitative estimate of drug-likeness (QED) is 0.631. The number of benzene rings is 2. The van der Waals surface area contributed by atoms with Crippen LogP contribution in [0.2, 0.25) is 0 Å². The summed E-state index contributed by atoms with van der Waals surface area (Å²) in [5, 5.41) is 3.95. The smallest absolute Gasteiger partial charge is 0.223 e. The fourth-order valence-electron chi connectivity index (χ4n) is 6.60. The summed E-state index contributed by atoms with van der Waals surface area (Å²) in [5.74, 6) is 0.645. The van der Waals surface area contributed by atoms with Crippen LogP contribution in [0.3, 0.4) is 0 Å². The van der Waals surface area contributed by atoms with E-state index in [1.165, 1.54) is 56.5 Å². The van der Waals surface area contributed by atoms with Gasteiger partial charge in [0.05, 0.1) is 0 Å². The first kappa shape index (κ1) is 23.5. The van der Waals surface area contributed by atoms with Crippen LogP contribution in [-0.4, -0.2) is 54.0 Å². The number of fused-ring (bicyclic) bond motifs is 1. The maximum atomic E-state index is 13.5. The van der Waals surface area contributed by atoms with Crippen LogP contribution in [0.1, 0.15) is 62.0 Å². The first-order chi connectivity index (χ1) is 16.7. The van der Waals surface area contributed by atoms with Crippen molar-refractivity contribution < 1.29 is 9.18 Å². The molecule has 4 nitrogen and oxygen atoms in total. The number of rotatable bonds is 7. The van der Waals surface area contributed by atoms with E-state index in [0.717, 1.165) is 31.5 Å². The van der Waals surface area contributed by atoms with Crippen molar-refractivity contribution >= 4 is 5.91 Å². The summed E-state index contributed by atoms with van der Waals surface area (Å²) in [6.45, 7) is 5.15. The zero-order chi connectivity index (χ0) is 23.3. The average Bonchev–Trinajstić information content (AvgIpc) is 2.88. The fraction of sp³-hybridized carbons (Fsp3) is 0.552. The van der Waals surface area contributed by atoms with Gasteiger partial charge < -0.3 is 15.1 Å². The molecule has 0 unspecified atom stereocenters. The molecule has 1 amide bonds. The van der Waals surface area contributed by atoms with Crippen LogP contribution in [0.15, 0.2) is 54.6 Å². The Kier molecular flexibility index (Phi) is 7.60. The predicted octanol–water partition coefficient (Wildman–Crippen LogP) is 4.95. The largest absolute Gasteiger partial charge is 0.335 e. The van der Waals surface area contributed by atoms with Gasteiger partial charge in [-0.2, -0.15) is 0 Å². The van der Waals surface area contributed by atoms with Crippen molar-refractivity contribution in [3.05, 3.63) is 71.5 Å². The summed E-state index contributed by atoms with van der Waals surface area (Å²) in [5.41, 5.74) is 2.30. The fourth-order valence-corrected chi connectivity index (χ4v) is 6.60. The summed E-state index contributed by atoms with van der Waals surface area (Å²) < 4.78 is 13.5. The molecule has 0 aromatic heterocycles. The van der Waals surface area contributed by atoms with Crippen LogP contribution in [0.5, 0.6) is 0 Å². The molecule has 182 valence electrons. The lowest BCUT2D eigenvalue weighted by Gasteiger charge is -2.51. The number of nitrogens with zero attached hydrogens (tertiary/aromatic N) is 2. The molecular formula is C29H38FN3O. The molecular weight excluding hydrogens is 425 g/mol. The van der Waals surface area contributed by atoms with Crippen LogP contribution >= 0.6 is 0 Å². The Bertz CT molecular complexity index is 928. The number of carbonyl (C=O) groups is 1. The molecule has 34 heavy (non-hydrogen) atoms. The van der Waals surface area contributed by atoms with E-state index in [-0.39, 0.29) is 23.7 Å². The lowest BCUT2D eigenvalue weighted by molar-refractivity contribution is -0.143. The Morgan fingerprint density at radius 2 is 1.68 bits per heavy atom. The number of hydrogen-bond acceptors (Lipinski definition) is 3. The number of hydrogen-bond donors (Lipinski definition) is 1. The minimum Gasteiger partial charge on any atom is -0.335 e. The molecule has 1 N–H and O–H groups in total. The molecule has 2 aliphatic heterocycles. The van der Waals surface area contributed by atoms with Crippen LogP contribution < -0.4 is 5.32 Å². The maximum Gasteiger partial charge on any atom is 0.223 e. The molecule has 1 saturated carbocycles. The summed E-state index contributed by atoms with van der Waals surface area (Å²) in [6.07, 6.45) is 7.92. The highest BCUT2D eigenvalue weighted by Crippen LogP contribution is 2.45. The molecule has 2 saturated heterocycles. The third kappa shape index (κ3) is 5.36. The number of halogens is 1. The molecule has 5 rings (SSSR count). The number of amides is 1. The van der Waals surface area contributed by atoms with Crippen molar-refractivity contribution in [1.29, 1.82) is 0 Å². The van der Waals surface area contributed by atoms with Crippen LogP contribution in [0.4, 0.5) is 4.39 Å². The molecule has 0 spiro atoms. The van der Waals surface area contributed by atoms with Crippen molar-refractivity contribution in [2.24, 2.45) is 5.92 Å². The number of carbonyl (C=O) groups excluding carboxylic acids is 1. The topological polar surface area (TPSA) is 35.6 Å². The number of likely N-dealkylation sites (tertiary alicyclic amines) is 2. The highest BCUT2D eigenvalue weighted by atomic mass is 19.1. The van der Waals surface area contributed by atoms with Gasteiger partial charge in [-0.3, -0.25) is 4.79 Å². The summed E-state index contributed by atoms with van der Waals surface area (Å²) in [7, 11) is 0. The van der Waals surface area contributed by atoms with E-state index in [4.69, 9.17) is 0 Å². The second kappa shape index (κ2) is 11.0. The first-order valence-corrected chi connectivity index (χ1v) is 13.2. The van der Waals surface area contributed by atoms with E-state index in [9.17, 15) is 9.18 Å². The summed E-state index contributed by atoms with van der Waals surface area (Å²) >= 11 is 0. The molecule has 4 atom stereocenters. The third-order valence-electron chi connectivity index (χ3n) is 8.28. The van der Waals surface area contributed by atoms with E-state index >= 15 is 0 Å². The molecule has 1 aliphatic carbocycles. The van der Waals surface area contributed by atoms with E-state index in [0.29, 0.717) is 24.9 Å². The minimum absolute atomic E-state index is 0.220. The van der Waals surface area contributed by atoms with Gasteiger partial charge in [-0.25, -0.2) is 4.39 Å². The van der Waals surface area contributed by atoms with Gasteiger partial charge in [0.15, 0.2) is 0 Å². The van der Waals surface area contributed by atoms with E-state index in [1.807, 2.05) is 12.1 Å². The lowest BCUT2D eigenvalue weighted by atomic mass is 9.66. The summed E-state index contributed by atoms with van der Waals surface area (Å²) in [6, 6.07) is 17.9. The van der Waals surface area contributed by atoms with Crippen LogP contribution in [0, 0.1) is 11.7 Å². The van der Waals surface area contributed by atoms with Crippen molar-refractivity contribution in [2.75, 3.05) is 26.2 Å². The van der Waals surface area contributed by atoms with Gasteiger partial charge in [0, 0.05) is 44.1 Å². The Hall–Kier alpha value is -2.24. The maximum absolute atomic E-state index is 13.5. The van der Waals surface area contributed by atoms with Crippen LogP contribution in [-0.2, 0) is 11.3 Å². The van der Waals surface area contributed by atoms with Gasteiger partial charge in [0.2, 0.25) is 5.91 Å². The highest BCUT2D eigenvalue weighted by Gasteiger charge is 2.47. The molecule has 0 bridgehead atoms. The standard InChI is InChI=1S/C29H38FN3O/c30-24-14-12-22(13-15-24)21-33-27-11-7-10-26(31-16-19-32-17-5-2-6-18-32)29(27)25(20-28(33)34)23-8-3-1-4-9-23/h1,3-4,8-9,12-15,25-27,29,31H,2,5-7,10-11,16-21H2/t25-,26+,27-,29+/m1/s1.